The second kappa shape index (κ2) is 6.15. The van der Waals surface area contributed by atoms with Crippen LogP contribution in [0.1, 0.15) is 46.9 Å². The lowest BCUT2D eigenvalue weighted by molar-refractivity contribution is -0.0726. The Kier molecular flexibility index (Phi) is 3.97. The molecule has 7 heteroatoms. The van der Waals surface area contributed by atoms with Crippen LogP contribution in [0.5, 0.6) is 0 Å². The molecule has 146 valence electrons. The van der Waals surface area contributed by atoms with Gasteiger partial charge >= 0.3 is 5.63 Å². The highest BCUT2D eigenvalue weighted by molar-refractivity contribution is 5.95. The molecule has 0 aromatic carbocycles. The summed E-state index contributed by atoms with van der Waals surface area (Å²) >= 11 is 0. The van der Waals surface area contributed by atoms with E-state index in [1.54, 1.807) is 4.90 Å². The van der Waals surface area contributed by atoms with Crippen molar-refractivity contribution in [3.63, 3.8) is 0 Å². The number of aryl methyl sites for hydroxylation is 1. The molecule has 2 bridgehead atoms. The molecule has 1 spiro atoms. The van der Waals surface area contributed by atoms with E-state index in [0.29, 0.717) is 36.9 Å². The highest BCUT2D eigenvalue weighted by Crippen LogP contribution is 2.47. The number of likely N-dealkylation sites (tertiary alicyclic amines) is 1. The lowest BCUT2D eigenvalue weighted by atomic mass is 9.83. The molecule has 4 heterocycles. The van der Waals surface area contributed by atoms with Gasteiger partial charge in [0.2, 0.25) is 0 Å². The monoisotopic (exact) mass is 374 g/mol. The SMILES string of the molecule is Cc1cc(C2CCC2)oc(=O)c1C(=O)N1C[C@@H]2[C@H](CO)[C@H]3CNC[C@]2(C1)O3. The van der Waals surface area contributed by atoms with Gasteiger partial charge in [-0.1, -0.05) is 6.42 Å². The van der Waals surface area contributed by atoms with Gasteiger partial charge in [0, 0.05) is 44.0 Å². The first kappa shape index (κ1) is 17.4. The fourth-order valence-corrected chi connectivity index (χ4v) is 5.40. The molecular formula is C20H26N2O5. The van der Waals surface area contributed by atoms with Gasteiger partial charge in [-0.05, 0) is 31.4 Å². The van der Waals surface area contributed by atoms with Gasteiger partial charge in [-0.25, -0.2) is 4.79 Å². The number of amides is 1. The van der Waals surface area contributed by atoms with Crippen LogP contribution in [0.15, 0.2) is 15.3 Å². The van der Waals surface area contributed by atoms with E-state index in [4.69, 9.17) is 9.15 Å². The van der Waals surface area contributed by atoms with Crippen molar-refractivity contribution >= 4 is 5.91 Å². The van der Waals surface area contributed by atoms with Crippen molar-refractivity contribution in [1.29, 1.82) is 0 Å². The fraction of sp³-hybridized carbons (Fsp3) is 0.700. The van der Waals surface area contributed by atoms with Crippen molar-refractivity contribution in [3.8, 4) is 0 Å². The van der Waals surface area contributed by atoms with Gasteiger partial charge in [0.25, 0.3) is 5.91 Å². The van der Waals surface area contributed by atoms with Gasteiger partial charge in [-0.15, -0.1) is 0 Å². The standard InChI is InChI=1S/C20H26N2O5/c1-11-5-15(12-3-2-4-12)26-19(25)17(11)18(24)22-7-14-13(8-23)16-6-21-9-20(14,10-22)27-16/h5,12-14,16,21,23H,2-4,6-10H2,1H3/t13-,14+,16+,20+/m0/s1. The second-order valence-corrected chi connectivity index (χ2v) is 8.61. The number of nitrogens with one attached hydrogen (secondary N) is 1. The first-order chi connectivity index (χ1) is 13.0. The van der Waals surface area contributed by atoms with E-state index in [0.717, 1.165) is 25.8 Å². The average molecular weight is 374 g/mol. The molecule has 1 saturated carbocycles. The summed E-state index contributed by atoms with van der Waals surface area (Å²) in [5.74, 6) is 0.853. The highest BCUT2D eigenvalue weighted by Gasteiger charge is 2.61. The molecule has 7 nitrogen and oxygen atoms in total. The van der Waals surface area contributed by atoms with Crippen LogP contribution >= 0.6 is 0 Å². The minimum atomic E-state index is -0.532. The fourth-order valence-electron chi connectivity index (χ4n) is 5.40. The summed E-state index contributed by atoms with van der Waals surface area (Å²) in [6.45, 7) is 4.22. The van der Waals surface area contributed by atoms with Gasteiger partial charge < -0.3 is 24.5 Å². The smallest absolute Gasteiger partial charge is 0.349 e. The molecule has 5 rings (SSSR count). The van der Waals surface area contributed by atoms with Crippen LogP contribution in [0.4, 0.5) is 0 Å². The van der Waals surface area contributed by atoms with E-state index < -0.39 is 11.2 Å². The molecule has 4 fully saturated rings. The normalized spacial score (nSPS) is 35.2. The lowest BCUT2D eigenvalue weighted by Gasteiger charge is -2.33. The molecule has 0 unspecified atom stereocenters. The van der Waals surface area contributed by atoms with Crippen molar-refractivity contribution in [3.05, 3.63) is 33.4 Å². The Bertz CT molecular complexity index is 832. The predicted molar refractivity (Wildman–Crippen MR) is 96.8 cm³/mol. The molecule has 1 aliphatic carbocycles. The van der Waals surface area contributed by atoms with Crippen LogP contribution in [0.25, 0.3) is 0 Å². The Morgan fingerprint density at radius 1 is 1.44 bits per heavy atom. The molecule has 27 heavy (non-hydrogen) atoms. The van der Waals surface area contributed by atoms with Crippen LogP contribution in [-0.2, 0) is 4.74 Å². The molecule has 1 aromatic heterocycles. The molecule has 4 aliphatic rings. The Hall–Kier alpha value is -1.70. The maximum absolute atomic E-state index is 13.2. The van der Waals surface area contributed by atoms with E-state index in [1.807, 2.05) is 13.0 Å². The number of ether oxygens (including phenoxy) is 1. The van der Waals surface area contributed by atoms with Crippen molar-refractivity contribution in [2.24, 2.45) is 11.8 Å². The van der Waals surface area contributed by atoms with Crippen molar-refractivity contribution < 1.29 is 19.1 Å². The third-order valence-electron chi connectivity index (χ3n) is 7.09. The third-order valence-corrected chi connectivity index (χ3v) is 7.09. The summed E-state index contributed by atoms with van der Waals surface area (Å²) in [4.78, 5) is 27.5. The summed E-state index contributed by atoms with van der Waals surface area (Å²) < 4.78 is 11.7. The van der Waals surface area contributed by atoms with Crippen LogP contribution in [-0.4, -0.2) is 60.4 Å². The average Bonchev–Trinajstić information content (AvgIpc) is 3.01. The number of carbonyl (C=O) groups excluding carboxylic acids is 1. The Morgan fingerprint density at radius 2 is 2.26 bits per heavy atom. The minimum Gasteiger partial charge on any atom is -0.427 e. The number of carbonyl (C=O) groups is 1. The number of hydrogen-bond acceptors (Lipinski definition) is 6. The quantitative estimate of drug-likeness (QED) is 0.807. The molecule has 1 amide bonds. The summed E-state index contributed by atoms with van der Waals surface area (Å²) in [5.41, 5.74) is -0.163. The van der Waals surface area contributed by atoms with Crippen molar-refractivity contribution in [1.82, 2.24) is 10.2 Å². The number of hydrogen-bond donors (Lipinski definition) is 2. The van der Waals surface area contributed by atoms with E-state index in [1.165, 1.54) is 0 Å². The number of morpholine rings is 1. The first-order valence-electron chi connectivity index (χ1n) is 9.96. The maximum atomic E-state index is 13.2. The molecular weight excluding hydrogens is 348 g/mol. The Morgan fingerprint density at radius 3 is 2.93 bits per heavy atom. The largest absolute Gasteiger partial charge is 0.427 e. The van der Waals surface area contributed by atoms with E-state index in [9.17, 15) is 14.7 Å². The minimum absolute atomic E-state index is 0.000400. The number of aliphatic hydroxyl groups excluding tert-OH is 1. The van der Waals surface area contributed by atoms with E-state index in [-0.39, 0.29) is 36.0 Å². The van der Waals surface area contributed by atoms with Crippen molar-refractivity contribution in [2.75, 3.05) is 32.8 Å². The van der Waals surface area contributed by atoms with Gasteiger partial charge in [0.15, 0.2) is 0 Å². The third kappa shape index (κ3) is 2.52. The van der Waals surface area contributed by atoms with E-state index in [2.05, 4.69) is 5.32 Å². The first-order valence-corrected chi connectivity index (χ1v) is 9.96. The van der Waals surface area contributed by atoms with Crippen LogP contribution < -0.4 is 10.9 Å². The zero-order chi connectivity index (χ0) is 18.8. The summed E-state index contributed by atoms with van der Waals surface area (Å²) in [5, 5.41) is 13.2. The number of rotatable bonds is 3. The topological polar surface area (TPSA) is 92.0 Å². The zero-order valence-electron chi connectivity index (χ0n) is 15.6. The van der Waals surface area contributed by atoms with Gasteiger partial charge in [0.05, 0.1) is 12.6 Å². The number of aliphatic hydroxyl groups is 1. The molecule has 2 N–H and O–H groups in total. The molecule has 4 atom stereocenters. The van der Waals surface area contributed by atoms with Crippen LogP contribution in [0.2, 0.25) is 0 Å². The van der Waals surface area contributed by atoms with E-state index >= 15 is 0 Å². The summed E-state index contributed by atoms with van der Waals surface area (Å²) in [6.07, 6.45) is 3.24. The molecule has 0 radical (unpaired) electrons. The maximum Gasteiger partial charge on any atom is 0.349 e. The number of nitrogens with zero attached hydrogens (tertiary/aromatic N) is 1. The summed E-state index contributed by atoms with van der Waals surface area (Å²) in [7, 11) is 0. The Labute approximate surface area is 157 Å². The number of fused-ring (bicyclic) bond motifs is 1. The van der Waals surface area contributed by atoms with Gasteiger partial charge in [0.1, 0.15) is 16.9 Å². The zero-order valence-corrected chi connectivity index (χ0v) is 15.6. The molecule has 1 aromatic rings. The highest BCUT2D eigenvalue weighted by atomic mass is 16.5. The second-order valence-electron chi connectivity index (χ2n) is 8.61. The molecule has 3 saturated heterocycles. The lowest BCUT2D eigenvalue weighted by Crippen LogP contribution is -2.52. The van der Waals surface area contributed by atoms with Gasteiger partial charge in [-0.3, -0.25) is 4.79 Å². The predicted octanol–water partition coefficient (Wildman–Crippen LogP) is 0.637. The van der Waals surface area contributed by atoms with Crippen molar-refractivity contribution in [2.45, 2.75) is 43.8 Å². The molecule has 3 aliphatic heterocycles. The van der Waals surface area contributed by atoms with Gasteiger partial charge in [-0.2, -0.15) is 0 Å². The van der Waals surface area contributed by atoms with Crippen LogP contribution in [0, 0.1) is 18.8 Å². The summed E-state index contributed by atoms with van der Waals surface area (Å²) in [6, 6.07) is 1.86. The Balaban J connectivity index is 1.42. The van der Waals surface area contributed by atoms with Crippen LogP contribution in [0.3, 0.4) is 0 Å².